The lowest BCUT2D eigenvalue weighted by Gasteiger charge is -2.25. The number of phenolic OH excluding ortho intramolecular Hbond substituents is 1. The Morgan fingerprint density at radius 3 is 2.09 bits per heavy atom. The van der Waals surface area contributed by atoms with Gasteiger partial charge in [0.15, 0.2) is 0 Å². The van der Waals surface area contributed by atoms with E-state index in [1.807, 2.05) is 42.5 Å². The molecule has 1 aromatic heterocycles. The van der Waals surface area contributed by atoms with Gasteiger partial charge in [-0.25, -0.2) is 0 Å². The van der Waals surface area contributed by atoms with E-state index in [0.717, 1.165) is 11.4 Å². The minimum atomic E-state index is -0.878. The number of aliphatic hydroxyl groups is 1. The quantitative estimate of drug-likeness (QED) is 0.215. The molecule has 0 spiro atoms. The third-order valence-corrected chi connectivity index (χ3v) is 5.81. The average Bonchev–Trinajstić information content (AvgIpc) is 3.16. The highest BCUT2D eigenvalue weighted by atomic mass is 16.3. The molecule has 1 unspecified atom stereocenters. The third kappa shape index (κ3) is 4.22. The second-order valence-electron chi connectivity index (χ2n) is 8.03. The molecule has 1 aliphatic rings. The molecular formula is C28H21N3O4. The number of nitrogens with one attached hydrogen (secondary N) is 1. The summed E-state index contributed by atoms with van der Waals surface area (Å²) in [5.74, 6) is -1.77. The van der Waals surface area contributed by atoms with Crippen molar-refractivity contribution in [1.82, 2.24) is 4.98 Å². The number of pyridine rings is 1. The maximum Gasteiger partial charge on any atom is 0.300 e. The normalized spacial score (nSPS) is 16.9. The summed E-state index contributed by atoms with van der Waals surface area (Å²) in [6.07, 6.45) is 3.00. The van der Waals surface area contributed by atoms with Crippen molar-refractivity contribution in [3.8, 4) is 5.75 Å². The third-order valence-electron chi connectivity index (χ3n) is 5.81. The van der Waals surface area contributed by atoms with Gasteiger partial charge in [0.05, 0.1) is 11.6 Å². The first-order valence-electron chi connectivity index (χ1n) is 11.0. The summed E-state index contributed by atoms with van der Waals surface area (Å²) in [7, 11) is 0. The van der Waals surface area contributed by atoms with Gasteiger partial charge in [-0.05, 0) is 66.2 Å². The van der Waals surface area contributed by atoms with Crippen molar-refractivity contribution in [2.75, 3.05) is 10.2 Å². The molecule has 1 aliphatic heterocycles. The molecule has 0 radical (unpaired) electrons. The summed E-state index contributed by atoms with van der Waals surface area (Å²) in [5, 5.41) is 24.1. The summed E-state index contributed by atoms with van der Waals surface area (Å²) in [6.45, 7) is 0. The Kier molecular flexibility index (Phi) is 5.73. The molecule has 0 saturated carbocycles. The van der Waals surface area contributed by atoms with E-state index in [2.05, 4.69) is 10.3 Å². The molecule has 3 aromatic carbocycles. The number of aliphatic hydroxyl groups excluding tert-OH is 1. The van der Waals surface area contributed by atoms with Crippen molar-refractivity contribution in [2.24, 2.45) is 0 Å². The van der Waals surface area contributed by atoms with E-state index in [-0.39, 0.29) is 17.1 Å². The summed E-state index contributed by atoms with van der Waals surface area (Å²) >= 11 is 0. The van der Waals surface area contributed by atoms with Gasteiger partial charge in [0.25, 0.3) is 11.7 Å². The van der Waals surface area contributed by atoms with Crippen LogP contribution in [-0.2, 0) is 9.59 Å². The van der Waals surface area contributed by atoms with Gasteiger partial charge >= 0.3 is 0 Å². The van der Waals surface area contributed by atoms with Crippen molar-refractivity contribution >= 4 is 34.5 Å². The van der Waals surface area contributed by atoms with Crippen LogP contribution in [0.2, 0.25) is 0 Å². The van der Waals surface area contributed by atoms with Crippen molar-refractivity contribution in [2.45, 2.75) is 6.04 Å². The molecule has 7 nitrogen and oxygen atoms in total. The molecule has 4 aromatic rings. The zero-order chi connectivity index (χ0) is 24.4. The van der Waals surface area contributed by atoms with Crippen LogP contribution in [-0.4, -0.2) is 26.9 Å². The predicted octanol–water partition coefficient (Wildman–Crippen LogP) is 5.16. The van der Waals surface area contributed by atoms with Crippen LogP contribution in [0.15, 0.2) is 109 Å². The van der Waals surface area contributed by atoms with E-state index in [1.54, 1.807) is 36.4 Å². The SMILES string of the molecule is O=C1C(=O)N(c2ccc(Nc3ccccc3)cc2)C(c2ccc(O)cc2)/C1=C(/O)c1ccncc1. The fourth-order valence-corrected chi connectivity index (χ4v) is 4.13. The zero-order valence-corrected chi connectivity index (χ0v) is 18.5. The molecular weight excluding hydrogens is 442 g/mol. The topological polar surface area (TPSA) is 103 Å². The number of benzene rings is 3. The standard InChI is InChI=1S/C28H21N3O4/c32-23-12-6-18(7-13-23)25-24(26(33)19-14-16-29-17-15-19)27(34)28(35)31(25)22-10-8-21(9-11-22)30-20-4-2-1-3-5-20/h1-17,25,30,32-33H/b26-24-. The van der Waals surface area contributed by atoms with Crippen LogP contribution >= 0.6 is 0 Å². The van der Waals surface area contributed by atoms with Gasteiger partial charge in [0.1, 0.15) is 11.5 Å². The number of hydrogen-bond acceptors (Lipinski definition) is 6. The number of phenols is 1. The number of aromatic nitrogens is 1. The van der Waals surface area contributed by atoms with Crippen molar-refractivity contribution < 1.29 is 19.8 Å². The molecule has 0 bridgehead atoms. The van der Waals surface area contributed by atoms with Gasteiger partial charge in [-0.3, -0.25) is 19.5 Å². The Morgan fingerprint density at radius 2 is 1.43 bits per heavy atom. The van der Waals surface area contributed by atoms with Crippen LogP contribution in [0.4, 0.5) is 17.1 Å². The van der Waals surface area contributed by atoms with Crippen LogP contribution in [0.3, 0.4) is 0 Å². The van der Waals surface area contributed by atoms with Gasteiger partial charge in [0.2, 0.25) is 0 Å². The van der Waals surface area contributed by atoms with Crippen LogP contribution < -0.4 is 10.2 Å². The lowest BCUT2D eigenvalue weighted by atomic mass is 9.95. The van der Waals surface area contributed by atoms with Crippen LogP contribution in [0.25, 0.3) is 5.76 Å². The molecule has 5 rings (SSSR count). The number of carbonyl (C=O) groups is 2. The second-order valence-corrected chi connectivity index (χ2v) is 8.03. The number of nitrogens with zero attached hydrogens (tertiary/aromatic N) is 2. The van der Waals surface area contributed by atoms with E-state index in [9.17, 15) is 19.8 Å². The van der Waals surface area contributed by atoms with Gasteiger partial charge in [-0.1, -0.05) is 30.3 Å². The zero-order valence-electron chi connectivity index (χ0n) is 18.5. The minimum absolute atomic E-state index is 0.0293. The number of para-hydroxylation sites is 1. The number of ketones is 1. The molecule has 35 heavy (non-hydrogen) atoms. The molecule has 172 valence electrons. The van der Waals surface area contributed by atoms with Gasteiger partial charge < -0.3 is 15.5 Å². The fourth-order valence-electron chi connectivity index (χ4n) is 4.13. The fraction of sp³-hybridized carbons (Fsp3) is 0.0357. The highest BCUT2D eigenvalue weighted by Crippen LogP contribution is 2.42. The monoisotopic (exact) mass is 463 g/mol. The molecule has 0 aliphatic carbocycles. The summed E-state index contributed by atoms with van der Waals surface area (Å²) in [4.78, 5) is 31.7. The lowest BCUT2D eigenvalue weighted by molar-refractivity contribution is -0.132. The Labute approximate surface area is 201 Å². The van der Waals surface area contributed by atoms with Crippen molar-refractivity contribution in [3.05, 3.63) is 120 Å². The molecule has 1 fully saturated rings. The summed E-state index contributed by atoms with van der Waals surface area (Å²) in [5.41, 5.74) is 3.15. The van der Waals surface area contributed by atoms with Gasteiger partial charge in [-0.2, -0.15) is 0 Å². The Morgan fingerprint density at radius 1 is 0.800 bits per heavy atom. The lowest BCUT2D eigenvalue weighted by Crippen LogP contribution is -2.29. The van der Waals surface area contributed by atoms with Gasteiger partial charge in [0, 0.05) is 35.0 Å². The first kappa shape index (κ1) is 21.9. The van der Waals surface area contributed by atoms with E-state index >= 15 is 0 Å². The van der Waals surface area contributed by atoms with E-state index in [4.69, 9.17) is 0 Å². The summed E-state index contributed by atoms with van der Waals surface area (Å²) < 4.78 is 0. The number of aromatic hydroxyl groups is 1. The first-order chi connectivity index (χ1) is 17.0. The maximum absolute atomic E-state index is 13.2. The van der Waals surface area contributed by atoms with E-state index in [1.165, 1.54) is 29.4 Å². The Hall–Kier alpha value is -4.91. The molecule has 3 N–H and O–H groups in total. The van der Waals surface area contributed by atoms with Gasteiger partial charge in [-0.15, -0.1) is 0 Å². The number of rotatable bonds is 5. The highest BCUT2D eigenvalue weighted by Gasteiger charge is 2.46. The first-order valence-corrected chi connectivity index (χ1v) is 11.0. The molecule has 1 saturated heterocycles. The van der Waals surface area contributed by atoms with Crippen molar-refractivity contribution in [1.29, 1.82) is 0 Å². The predicted molar refractivity (Wildman–Crippen MR) is 133 cm³/mol. The molecule has 1 atom stereocenters. The number of hydrogen-bond donors (Lipinski definition) is 3. The Bertz CT molecular complexity index is 1400. The van der Waals surface area contributed by atoms with E-state index in [0.29, 0.717) is 16.8 Å². The summed E-state index contributed by atoms with van der Waals surface area (Å²) in [6, 6.07) is 25.3. The smallest absolute Gasteiger partial charge is 0.300 e. The van der Waals surface area contributed by atoms with E-state index < -0.39 is 17.7 Å². The molecule has 7 heteroatoms. The Balaban J connectivity index is 1.58. The largest absolute Gasteiger partial charge is 0.508 e. The number of Topliss-reactive ketones (excluding diaryl/α,β-unsaturated/α-hetero) is 1. The highest BCUT2D eigenvalue weighted by molar-refractivity contribution is 6.51. The number of anilines is 3. The second kappa shape index (κ2) is 9.15. The van der Waals surface area contributed by atoms with Crippen LogP contribution in [0, 0.1) is 0 Å². The average molecular weight is 463 g/mol. The molecule has 1 amide bonds. The maximum atomic E-state index is 13.2. The van der Waals surface area contributed by atoms with Crippen LogP contribution in [0.1, 0.15) is 17.2 Å². The van der Waals surface area contributed by atoms with Crippen LogP contribution in [0.5, 0.6) is 5.75 Å². The number of carbonyl (C=O) groups excluding carboxylic acids is 2. The number of amides is 1. The van der Waals surface area contributed by atoms with Crippen molar-refractivity contribution in [3.63, 3.8) is 0 Å². The molecule has 2 heterocycles. The minimum Gasteiger partial charge on any atom is -0.508 e.